The standard InChI is InChI=1S/C12H14O3/c1-3-11(15-9(2)13)12(14)10-7-5-4-6-8-10/h4-8,11H,3H2,1-2H3/t11-/m1/s1. The maximum Gasteiger partial charge on any atom is 0.303 e. The van der Waals surface area contributed by atoms with Gasteiger partial charge in [-0.15, -0.1) is 0 Å². The van der Waals surface area contributed by atoms with Crippen molar-refractivity contribution in [2.24, 2.45) is 0 Å². The minimum Gasteiger partial charge on any atom is -0.454 e. The van der Waals surface area contributed by atoms with E-state index in [0.29, 0.717) is 12.0 Å². The first-order valence-corrected chi connectivity index (χ1v) is 4.91. The number of carbonyl (C=O) groups is 2. The summed E-state index contributed by atoms with van der Waals surface area (Å²) < 4.78 is 4.93. The van der Waals surface area contributed by atoms with Gasteiger partial charge in [-0.25, -0.2) is 0 Å². The lowest BCUT2D eigenvalue weighted by Gasteiger charge is -2.13. The molecule has 0 saturated carbocycles. The topological polar surface area (TPSA) is 43.4 Å². The van der Waals surface area contributed by atoms with E-state index in [-0.39, 0.29) is 5.78 Å². The lowest BCUT2D eigenvalue weighted by Crippen LogP contribution is -2.25. The quantitative estimate of drug-likeness (QED) is 0.560. The Kier molecular flexibility index (Phi) is 4.03. The lowest BCUT2D eigenvalue weighted by atomic mass is 10.0. The van der Waals surface area contributed by atoms with Gasteiger partial charge in [0.25, 0.3) is 0 Å². The fourth-order valence-electron chi connectivity index (χ4n) is 1.31. The third kappa shape index (κ3) is 3.20. The monoisotopic (exact) mass is 206 g/mol. The molecule has 0 unspecified atom stereocenters. The zero-order valence-corrected chi connectivity index (χ0v) is 8.90. The molecule has 0 aliphatic carbocycles. The molecule has 1 aromatic carbocycles. The van der Waals surface area contributed by atoms with Crippen molar-refractivity contribution in [2.45, 2.75) is 26.4 Å². The number of benzene rings is 1. The molecule has 1 atom stereocenters. The van der Waals surface area contributed by atoms with E-state index in [0.717, 1.165) is 0 Å². The molecule has 0 bridgehead atoms. The van der Waals surface area contributed by atoms with E-state index >= 15 is 0 Å². The first kappa shape index (κ1) is 11.4. The molecule has 15 heavy (non-hydrogen) atoms. The maximum atomic E-state index is 11.8. The summed E-state index contributed by atoms with van der Waals surface area (Å²) in [5.41, 5.74) is 0.575. The van der Waals surface area contributed by atoms with Crippen LogP contribution in [-0.4, -0.2) is 17.9 Å². The summed E-state index contributed by atoms with van der Waals surface area (Å²) >= 11 is 0. The smallest absolute Gasteiger partial charge is 0.303 e. The Morgan fingerprint density at radius 2 is 1.87 bits per heavy atom. The van der Waals surface area contributed by atoms with Gasteiger partial charge in [-0.3, -0.25) is 9.59 Å². The fourth-order valence-corrected chi connectivity index (χ4v) is 1.31. The predicted molar refractivity (Wildman–Crippen MR) is 56.6 cm³/mol. The van der Waals surface area contributed by atoms with Crippen molar-refractivity contribution < 1.29 is 14.3 Å². The molecule has 0 aliphatic heterocycles. The highest BCUT2D eigenvalue weighted by atomic mass is 16.5. The van der Waals surface area contributed by atoms with Crippen molar-refractivity contribution in [3.63, 3.8) is 0 Å². The highest BCUT2D eigenvalue weighted by molar-refractivity contribution is 6.00. The number of hydrogen-bond donors (Lipinski definition) is 0. The van der Waals surface area contributed by atoms with Crippen LogP contribution < -0.4 is 0 Å². The van der Waals surface area contributed by atoms with Gasteiger partial charge < -0.3 is 4.74 Å². The summed E-state index contributed by atoms with van der Waals surface area (Å²) in [4.78, 5) is 22.6. The number of hydrogen-bond acceptors (Lipinski definition) is 3. The number of ketones is 1. The molecule has 0 amide bonds. The Morgan fingerprint density at radius 3 is 2.33 bits per heavy atom. The van der Waals surface area contributed by atoms with Crippen LogP contribution in [0.5, 0.6) is 0 Å². The van der Waals surface area contributed by atoms with E-state index in [1.54, 1.807) is 24.3 Å². The second-order valence-corrected chi connectivity index (χ2v) is 3.24. The van der Waals surface area contributed by atoms with Crippen LogP contribution in [0.2, 0.25) is 0 Å². The van der Waals surface area contributed by atoms with Gasteiger partial charge >= 0.3 is 5.97 Å². The summed E-state index contributed by atoms with van der Waals surface area (Å²) in [5.74, 6) is -0.570. The number of ether oxygens (including phenoxy) is 1. The van der Waals surface area contributed by atoms with Gasteiger partial charge in [0, 0.05) is 12.5 Å². The Hall–Kier alpha value is -1.64. The molecule has 0 aromatic heterocycles. The summed E-state index contributed by atoms with van der Waals surface area (Å²) in [6.45, 7) is 3.12. The minimum atomic E-state index is -0.662. The molecule has 1 aromatic rings. The molecule has 0 saturated heterocycles. The molecule has 0 heterocycles. The van der Waals surface area contributed by atoms with E-state index in [9.17, 15) is 9.59 Å². The van der Waals surface area contributed by atoms with Crippen LogP contribution in [0.4, 0.5) is 0 Å². The van der Waals surface area contributed by atoms with Crippen molar-refractivity contribution in [3.8, 4) is 0 Å². The SMILES string of the molecule is CC[C@@H](OC(C)=O)C(=O)c1ccccc1. The van der Waals surface area contributed by atoms with Crippen LogP contribution in [0.3, 0.4) is 0 Å². The summed E-state index contributed by atoms with van der Waals surface area (Å²) in [5, 5.41) is 0. The van der Waals surface area contributed by atoms with Crippen LogP contribution >= 0.6 is 0 Å². The molecule has 0 spiro atoms. The van der Waals surface area contributed by atoms with Crippen LogP contribution in [-0.2, 0) is 9.53 Å². The van der Waals surface area contributed by atoms with E-state index in [1.165, 1.54) is 6.92 Å². The maximum absolute atomic E-state index is 11.8. The van der Waals surface area contributed by atoms with Gasteiger partial charge in [0.15, 0.2) is 6.10 Å². The summed E-state index contributed by atoms with van der Waals surface area (Å²) in [7, 11) is 0. The highest BCUT2D eigenvalue weighted by Crippen LogP contribution is 2.09. The van der Waals surface area contributed by atoms with Crippen molar-refractivity contribution in [1.29, 1.82) is 0 Å². The normalized spacial score (nSPS) is 11.9. The number of carbonyl (C=O) groups excluding carboxylic acids is 2. The zero-order chi connectivity index (χ0) is 11.3. The Bertz CT molecular complexity index is 343. The van der Waals surface area contributed by atoms with E-state index in [1.807, 2.05) is 13.0 Å². The summed E-state index contributed by atoms with van der Waals surface area (Å²) in [6.07, 6.45) is -0.169. The van der Waals surface area contributed by atoms with Crippen LogP contribution in [0, 0.1) is 0 Å². The molecule has 80 valence electrons. The second-order valence-electron chi connectivity index (χ2n) is 3.24. The minimum absolute atomic E-state index is 0.145. The molecule has 0 fully saturated rings. The molecule has 0 aliphatic rings. The van der Waals surface area contributed by atoms with E-state index < -0.39 is 12.1 Å². The van der Waals surface area contributed by atoms with Gasteiger partial charge in [0.2, 0.25) is 5.78 Å². The first-order valence-electron chi connectivity index (χ1n) is 4.91. The average molecular weight is 206 g/mol. The van der Waals surface area contributed by atoms with Crippen LogP contribution in [0.15, 0.2) is 30.3 Å². The summed E-state index contributed by atoms with van der Waals surface area (Å²) in [6, 6.07) is 8.84. The Morgan fingerprint density at radius 1 is 1.27 bits per heavy atom. The van der Waals surface area contributed by atoms with Gasteiger partial charge in [-0.1, -0.05) is 37.3 Å². The number of rotatable bonds is 4. The van der Waals surface area contributed by atoms with Crippen molar-refractivity contribution >= 4 is 11.8 Å². The third-order valence-electron chi connectivity index (χ3n) is 2.03. The molecule has 0 radical (unpaired) electrons. The molecule has 1 rings (SSSR count). The molecule has 3 heteroatoms. The largest absolute Gasteiger partial charge is 0.454 e. The van der Waals surface area contributed by atoms with Gasteiger partial charge in [-0.2, -0.15) is 0 Å². The first-order chi connectivity index (χ1) is 7.15. The Balaban J connectivity index is 2.78. The number of Topliss-reactive ketones (excluding diaryl/α,β-unsaturated/α-hetero) is 1. The van der Waals surface area contributed by atoms with Gasteiger partial charge in [-0.05, 0) is 6.42 Å². The highest BCUT2D eigenvalue weighted by Gasteiger charge is 2.20. The van der Waals surface area contributed by atoms with Gasteiger partial charge in [0.05, 0.1) is 0 Å². The van der Waals surface area contributed by atoms with Crippen molar-refractivity contribution in [3.05, 3.63) is 35.9 Å². The predicted octanol–water partition coefficient (Wildman–Crippen LogP) is 2.21. The average Bonchev–Trinajstić information content (AvgIpc) is 2.26. The van der Waals surface area contributed by atoms with E-state index in [2.05, 4.69) is 0 Å². The van der Waals surface area contributed by atoms with Crippen LogP contribution in [0.1, 0.15) is 30.6 Å². The van der Waals surface area contributed by atoms with E-state index in [4.69, 9.17) is 4.74 Å². The third-order valence-corrected chi connectivity index (χ3v) is 2.03. The number of esters is 1. The van der Waals surface area contributed by atoms with Crippen molar-refractivity contribution in [2.75, 3.05) is 0 Å². The van der Waals surface area contributed by atoms with Gasteiger partial charge in [0.1, 0.15) is 0 Å². The van der Waals surface area contributed by atoms with Crippen LogP contribution in [0.25, 0.3) is 0 Å². The second kappa shape index (κ2) is 5.29. The lowest BCUT2D eigenvalue weighted by molar-refractivity contribution is -0.144. The molecular weight excluding hydrogens is 192 g/mol. The Labute approximate surface area is 89.1 Å². The van der Waals surface area contributed by atoms with Crippen molar-refractivity contribution in [1.82, 2.24) is 0 Å². The molecular formula is C12H14O3. The molecule has 0 N–H and O–H groups in total. The fraction of sp³-hybridized carbons (Fsp3) is 0.333. The molecule has 3 nitrogen and oxygen atoms in total. The zero-order valence-electron chi connectivity index (χ0n) is 8.90.